The quantitative estimate of drug-likeness (QED) is 0.730. The molecule has 1 aliphatic rings. The molecular weight excluding hydrogens is 218 g/mol. The van der Waals surface area contributed by atoms with Gasteiger partial charge < -0.3 is 4.74 Å². The molecular formula is C12H19N3O2. The Bertz CT molecular complexity index is 389. The Kier molecular flexibility index (Phi) is 3.78. The third-order valence-electron chi connectivity index (χ3n) is 3.22. The number of aromatic nitrogens is 2. The van der Waals surface area contributed by atoms with Gasteiger partial charge in [-0.25, -0.2) is 0 Å². The summed E-state index contributed by atoms with van der Waals surface area (Å²) in [4.78, 5) is 13.7. The molecule has 0 spiro atoms. The van der Waals surface area contributed by atoms with Gasteiger partial charge >= 0.3 is 5.97 Å². The van der Waals surface area contributed by atoms with Gasteiger partial charge in [-0.2, -0.15) is 5.10 Å². The lowest BCUT2D eigenvalue weighted by Crippen LogP contribution is -2.23. The van der Waals surface area contributed by atoms with Gasteiger partial charge in [-0.05, 0) is 19.9 Å². The van der Waals surface area contributed by atoms with Crippen LogP contribution in [0.15, 0.2) is 12.4 Å². The standard InChI is InChI=1S/C12H19N3O2/c1-3-15-8-10(6-13-15)7-14-5-4-11(9-14)12(16)17-2/h6,8,11H,3-5,7,9H2,1-2H3. The first-order valence-electron chi connectivity index (χ1n) is 6.04. The fourth-order valence-corrected chi connectivity index (χ4v) is 2.25. The molecule has 94 valence electrons. The molecule has 1 unspecified atom stereocenters. The van der Waals surface area contributed by atoms with Gasteiger partial charge in [-0.3, -0.25) is 14.4 Å². The molecule has 1 aromatic heterocycles. The zero-order valence-corrected chi connectivity index (χ0v) is 10.4. The van der Waals surface area contributed by atoms with Crippen molar-refractivity contribution in [1.82, 2.24) is 14.7 Å². The molecule has 0 aromatic carbocycles. The molecule has 5 heteroatoms. The van der Waals surface area contributed by atoms with Crippen LogP contribution in [0.3, 0.4) is 0 Å². The molecule has 0 N–H and O–H groups in total. The number of nitrogens with zero attached hydrogens (tertiary/aromatic N) is 3. The van der Waals surface area contributed by atoms with Gasteiger partial charge in [0.2, 0.25) is 0 Å². The Labute approximate surface area is 101 Å². The molecule has 1 fully saturated rings. The minimum atomic E-state index is -0.0863. The Balaban J connectivity index is 1.87. The first-order chi connectivity index (χ1) is 8.22. The maximum Gasteiger partial charge on any atom is 0.310 e. The molecule has 2 heterocycles. The number of methoxy groups -OCH3 is 1. The molecule has 0 aliphatic carbocycles. The third kappa shape index (κ3) is 2.85. The van der Waals surface area contributed by atoms with Crippen LogP contribution in [0.25, 0.3) is 0 Å². The van der Waals surface area contributed by atoms with Gasteiger partial charge in [-0.15, -0.1) is 0 Å². The minimum absolute atomic E-state index is 0.0428. The van der Waals surface area contributed by atoms with Crippen molar-refractivity contribution in [2.45, 2.75) is 26.4 Å². The molecule has 0 radical (unpaired) electrons. The zero-order valence-electron chi connectivity index (χ0n) is 10.4. The molecule has 5 nitrogen and oxygen atoms in total. The molecule has 0 saturated carbocycles. The van der Waals surface area contributed by atoms with Crippen LogP contribution in [0.2, 0.25) is 0 Å². The van der Waals surface area contributed by atoms with E-state index in [-0.39, 0.29) is 11.9 Å². The van der Waals surface area contributed by atoms with Gasteiger partial charge in [0, 0.05) is 31.4 Å². The SMILES string of the molecule is CCn1cc(CN2CCC(C(=O)OC)C2)cn1. The molecule has 2 rings (SSSR count). The smallest absolute Gasteiger partial charge is 0.310 e. The lowest BCUT2D eigenvalue weighted by atomic mass is 10.1. The van der Waals surface area contributed by atoms with Gasteiger partial charge in [0.15, 0.2) is 0 Å². The van der Waals surface area contributed by atoms with Crippen molar-refractivity contribution in [2.24, 2.45) is 5.92 Å². The number of rotatable bonds is 4. The summed E-state index contributed by atoms with van der Waals surface area (Å²) in [5.41, 5.74) is 1.21. The number of ether oxygens (including phenoxy) is 1. The Morgan fingerprint density at radius 2 is 2.47 bits per heavy atom. The minimum Gasteiger partial charge on any atom is -0.469 e. The fraction of sp³-hybridized carbons (Fsp3) is 0.667. The van der Waals surface area contributed by atoms with Crippen LogP contribution < -0.4 is 0 Å². The van der Waals surface area contributed by atoms with E-state index in [1.165, 1.54) is 12.7 Å². The van der Waals surface area contributed by atoms with Crippen LogP contribution in [-0.2, 0) is 22.6 Å². The number of hydrogen-bond acceptors (Lipinski definition) is 4. The number of carbonyl (C=O) groups excluding carboxylic acids is 1. The predicted octanol–water partition coefficient (Wildman–Crippen LogP) is 0.898. The highest BCUT2D eigenvalue weighted by atomic mass is 16.5. The maximum atomic E-state index is 11.4. The summed E-state index contributed by atoms with van der Waals surface area (Å²) in [5, 5.41) is 4.25. The third-order valence-corrected chi connectivity index (χ3v) is 3.22. The van der Waals surface area contributed by atoms with E-state index in [0.717, 1.165) is 32.6 Å². The molecule has 0 bridgehead atoms. The Hall–Kier alpha value is -1.36. The monoisotopic (exact) mass is 237 g/mol. The Morgan fingerprint density at radius 1 is 1.65 bits per heavy atom. The lowest BCUT2D eigenvalue weighted by Gasteiger charge is -2.13. The van der Waals surface area contributed by atoms with E-state index >= 15 is 0 Å². The predicted molar refractivity (Wildman–Crippen MR) is 63.3 cm³/mol. The molecule has 17 heavy (non-hydrogen) atoms. The molecule has 1 aromatic rings. The summed E-state index contributed by atoms with van der Waals surface area (Å²) < 4.78 is 6.69. The molecule has 1 aliphatic heterocycles. The Morgan fingerprint density at radius 3 is 3.12 bits per heavy atom. The van der Waals surface area contributed by atoms with Crippen LogP contribution in [0, 0.1) is 5.92 Å². The molecule has 1 saturated heterocycles. The van der Waals surface area contributed by atoms with Crippen LogP contribution in [0.4, 0.5) is 0 Å². The highest BCUT2D eigenvalue weighted by Gasteiger charge is 2.28. The summed E-state index contributed by atoms with van der Waals surface area (Å²) in [7, 11) is 1.45. The van der Waals surface area contributed by atoms with Crippen molar-refractivity contribution in [3.63, 3.8) is 0 Å². The molecule has 1 atom stereocenters. The van der Waals surface area contributed by atoms with Crippen LogP contribution in [0.1, 0.15) is 18.9 Å². The van der Waals surface area contributed by atoms with Crippen molar-refractivity contribution in [1.29, 1.82) is 0 Å². The second-order valence-corrected chi connectivity index (χ2v) is 4.45. The van der Waals surface area contributed by atoms with Gasteiger partial charge in [-0.1, -0.05) is 0 Å². The summed E-state index contributed by atoms with van der Waals surface area (Å²) >= 11 is 0. The normalized spacial score (nSPS) is 20.7. The average Bonchev–Trinajstić information content (AvgIpc) is 2.97. The van der Waals surface area contributed by atoms with E-state index in [0.29, 0.717) is 0 Å². The first kappa shape index (κ1) is 12.1. The van der Waals surface area contributed by atoms with Gasteiger partial charge in [0.25, 0.3) is 0 Å². The largest absolute Gasteiger partial charge is 0.469 e. The second kappa shape index (κ2) is 5.31. The number of hydrogen-bond donors (Lipinski definition) is 0. The first-order valence-corrected chi connectivity index (χ1v) is 6.04. The van der Waals surface area contributed by atoms with Crippen LogP contribution in [0.5, 0.6) is 0 Å². The summed E-state index contributed by atoms with van der Waals surface area (Å²) in [6.07, 6.45) is 4.86. The van der Waals surface area contributed by atoms with Crippen molar-refractivity contribution < 1.29 is 9.53 Å². The summed E-state index contributed by atoms with van der Waals surface area (Å²) in [5.74, 6) is -0.0435. The summed E-state index contributed by atoms with van der Waals surface area (Å²) in [6.45, 7) is 5.58. The second-order valence-electron chi connectivity index (χ2n) is 4.45. The molecule has 0 amide bonds. The lowest BCUT2D eigenvalue weighted by molar-refractivity contribution is -0.144. The van der Waals surface area contributed by atoms with Crippen molar-refractivity contribution in [2.75, 3.05) is 20.2 Å². The van der Waals surface area contributed by atoms with E-state index in [1.54, 1.807) is 0 Å². The van der Waals surface area contributed by atoms with Crippen LogP contribution >= 0.6 is 0 Å². The van der Waals surface area contributed by atoms with Crippen molar-refractivity contribution in [3.8, 4) is 0 Å². The number of likely N-dealkylation sites (tertiary alicyclic amines) is 1. The maximum absolute atomic E-state index is 11.4. The summed E-state index contributed by atoms with van der Waals surface area (Å²) in [6, 6.07) is 0. The highest BCUT2D eigenvalue weighted by Crippen LogP contribution is 2.19. The van der Waals surface area contributed by atoms with Gasteiger partial charge in [0.1, 0.15) is 0 Å². The van der Waals surface area contributed by atoms with Gasteiger partial charge in [0.05, 0.1) is 19.2 Å². The highest BCUT2D eigenvalue weighted by molar-refractivity contribution is 5.72. The number of esters is 1. The zero-order chi connectivity index (χ0) is 12.3. The van der Waals surface area contributed by atoms with E-state index in [9.17, 15) is 4.79 Å². The van der Waals surface area contributed by atoms with Crippen LogP contribution in [-0.4, -0.2) is 40.8 Å². The topological polar surface area (TPSA) is 47.4 Å². The van der Waals surface area contributed by atoms with E-state index in [4.69, 9.17) is 4.74 Å². The fourth-order valence-electron chi connectivity index (χ4n) is 2.25. The van der Waals surface area contributed by atoms with E-state index < -0.39 is 0 Å². The van der Waals surface area contributed by atoms with Crippen molar-refractivity contribution >= 4 is 5.97 Å². The number of aryl methyl sites for hydroxylation is 1. The van der Waals surface area contributed by atoms with E-state index in [2.05, 4.69) is 23.1 Å². The van der Waals surface area contributed by atoms with Crippen molar-refractivity contribution in [3.05, 3.63) is 18.0 Å². The van der Waals surface area contributed by atoms with E-state index in [1.807, 2.05) is 10.9 Å². The average molecular weight is 237 g/mol. The number of carbonyl (C=O) groups is 1.